The van der Waals surface area contributed by atoms with Crippen molar-refractivity contribution in [2.45, 2.75) is 70.4 Å². The Bertz CT molecular complexity index is 377. The number of hydrogen-bond donors (Lipinski definition) is 3. The second-order valence-corrected chi connectivity index (χ2v) is 6.81. The van der Waals surface area contributed by atoms with Gasteiger partial charge in [-0.15, -0.1) is 0 Å². The van der Waals surface area contributed by atoms with E-state index in [2.05, 4.69) is 27.8 Å². The van der Waals surface area contributed by atoms with E-state index in [1.807, 2.05) is 0 Å². The fourth-order valence-corrected chi connectivity index (χ4v) is 3.67. The van der Waals surface area contributed by atoms with E-state index in [1.165, 1.54) is 19.3 Å². The molecule has 132 valence electrons. The highest BCUT2D eigenvalue weighted by Crippen LogP contribution is 2.17. The van der Waals surface area contributed by atoms with Gasteiger partial charge in [-0.05, 0) is 51.7 Å². The van der Waals surface area contributed by atoms with E-state index in [1.54, 1.807) is 0 Å². The molecule has 1 aliphatic heterocycles. The quantitative estimate of drug-likeness (QED) is 0.694. The van der Waals surface area contributed by atoms with Crippen molar-refractivity contribution in [1.82, 2.24) is 20.9 Å². The first-order chi connectivity index (χ1) is 11.2. The normalized spacial score (nSPS) is 20.4. The lowest BCUT2D eigenvalue weighted by molar-refractivity contribution is -0.121. The van der Waals surface area contributed by atoms with Crippen molar-refractivity contribution in [3.8, 4) is 0 Å². The van der Waals surface area contributed by atoms with Gasteiger partial charge in [0.1, 0.15) is 0 Å². The molecule has 0 radical (unpaired) electrons. The number of rotatable bonds is 6. The van der Waals surface area contributed by atoms with E-state index >= 15 is 0 Å². The zero-order valence-electron chi connectivity index (χ0n) is 14.4. The van der Waals surface area contributed by atoms with Crippen LogP contribution in [0.4, 0.5) is 4.79 Å². The van der Waals surface area contributed by atoms with Crippen LogP contribution < -0.4 is 16.0 Å². The molecule has 3 N–H and O–H groups in total. The molecule has 6 heteroatoms. The minimum atomic E-state index is -0.330. The third-order valence-corrected chi connectivity index (χ3v) is 4.88. The molecule has 2 rings (SSSR count). The molecule has 0 unspecified atom stereocenters. The number of imide groups is 1. The number of carbonyl (C=O) groups is 2. The SMILES string of the molecule is CCCN(CC(=O)NC(=O)NC1CCCCC1)C1CCNCC1. The smallest absolute Gasteiger partial charge is 0.321 e. The highest BCUT2D eigenvalue weighted by atomic mass is 16.2. The van der Waals surface area contributed by atoms with Gasteiger partial charge in [0.05, 0.1) is 6.54 Å². The highest BCUT2D eigenvalue weighted by molar-refractivity contribution is 5.95. The average Bonchev–Trinajstić information content (AvgIpc) is 2.56. The summed E-state index contributed by atoms with van der Waals surface area (Å²) < 4.78 is 0. The molecule has 6 nitrogen and oxygen atoms in total. The van der Waals surface area contributed by atoms with Crippen LogP contribution in [0.15, 0.2) is 0 Å². The van der Waals surface area contributed by atoms with Crippen LogP contribution in [0.3, 0.4) is 0 Å². The number of nitrogens with one attached hydrogen (secondary N) is 3. The Hall–Kier alpha value is -1.14. The Kier molecular flexibility index (Phi) is 7.82. The van der Waals surface area contributed by atoms with Gasteiger partial charge in [-0.1, -0.05) is 26.2 Å². The Morgan fingerprint density at radius 1 is 1.09 bits per heavy atom. The molecule has 0 aromatic rings. The average molecular weight is 324 g/mol. The molecule has 23 heavy (non-hydrogen) atoms. The van der Waals surface area contributed by atoms with E-state index in [0.29, 0.717) is 12.6 Å². The van der Waals surface area contributed by atoms with Gasteiger partial charge in [0, 0.05) is 12.1 Å². The van der Waals surface area contributed by atoms with Crippen molar-refractivity contribution in [1.29, 1.82) is 0 Å². The number of nitrogens with zero attached hydrogens (tertiary/aromatic N) is 1. The van der Waals surface area contributed by atoms with E-state index in [0.717, 1.165) is 51.7 Å². The van der Waals surface area contributed by atoms with Crippen LogP contribution in [0.2, 0.25) is 0 Å². The van der Waals surface area contributed by atoms with Crippen LogP contribution in [0.1, 0.15) is 58.3 Å². The second kappa shape index (κ2) is 9.88. The van der Waals surface area contributed by atoms with Gasteiger partial charge in [-0.3, -0.25) is 15.0 Å². The minimum Gasteiger partial charge on any atom is -0.335 e. The van der Waals surface area contributed by atoms with E-state index < -0.39 is 0 Å². The summed E-state index contributed by atoms with van der Waals surface area (Å²) in [5, 5.41) is 8.80. The maximum atomic E-state index is 12.2. The van der Waals surface area contributed by atoms with Gasteiger partial charge in [0.25, 0.3) is 0 Å². The predicted molar refractivity (Wildman–Crippen MR) is 91.3 cm³/mol. The summed E-state index contributed by atoms with van der Waals surface area (Å²) in [6.45, 7) is 5.37. The number of amides is 3. The summed E-state index contributed by atoms with van der Waals surface area (Å²) in [5.74, 6) is -0.190. The van der Waals surface area contributed by atoms with Crippen LogP contribution in [0, 0.1) is 0 Å². The zero-order chi connectivity index (χ0) is 16.5. The van der Waals surface area contributed by atoms with Gasteiger partial charge in [-0.25, -0.2) is 4.79 Å². The summed E-state index contributed by atoms with van der Waals surface area (Å²) in [4.78, 5) is 26.4. The Morgan fingerprint density at radius 2 is 1.78 bits per heavy atom. The molecular weight excluding hydrogens is 292 g/mol. The summed E-state index contributed by atoms with van der Waals surface area (Å²) in [5.41, 5.74) is 0. The fraction of sp³-hybridized carbons (Fsp3) is 0.882. The minimum absolute atomic E-state index is 0.190. The molecule has 1 heterocycles. The predicted octanol–water partition coefficient (Wildman–Crippen LogP) is 1.61. The Labute approximate surface area is 139 Å². The first-order valence-corrected chi connectivity index (χ1v) is 9.24. The van der Waals surface area contributed by atoms with Gasteiger partial charge in [0.15, 0.2) is 0 Å². The Morgan fingerprint density at radius 3 is 2.43 bits per heavy atom. The van der Waals surface area contributed by atoms with Crippen molar-refractivity contribution in [2.75, 3.05) is 26.2 Å². The van der Waals surface area contributed by atoms with Crippen LogP contribution in [0.5, 0.6) is 0 Å². The third-order valence-electron chi connectivity index (χ3n) is 4.88. The molecule has 0 spiro atoms. The van der Waals surface area contributed by atoms with Gasteiger partial charge in [-0.2, -0.15) is 0 Å². The van der Waals surface area contributed by atoms with Crippen LogP contribution in [0.25, 0.3) is 0 Å². The zero-order valence-corrected chi connectivity index (χ0v) is 14.4. The topological polar surface area (TPSA) is 73.5 Å². The van der Waals surface area contributed by atoms with E-state index in [9.17, 15) is 9.59 Å². The van der Waals surface area contributed by atoms with E-state index in [-0.39, 0.29) is 18.0 Å². The number of carbonyl (C=O) groups excluding carboxylic acids is 2. The van der Waals surface area contributed by atoms with Crippen LogP contribution >= 0.6 is 0 Å². The summed E-state index contributed by atoms with van der Waals surface area (Å²) >= 11 is 0. The molecule has 0 aromatic carbocycles. The van der Waals surface area contributed by atoms with Crippen LogP contribution in [-0.2, 0) is 4.79 Å². The lowest BCUT2D eigenvalue weighted by Crippen LogP contribution is -2.51. The highest BCUT2D eigenvalue weighted by Gasteiger charge is 2.23. The number of piperidine rings is 1. The van der Waals surface area contributed by atoms with Crippen molar-refractivity contribution < 1.29 is 9.59 Å². The largest absolute Gasteiger partial charge is 0.335 e. The summed E-state index contributed by atoms with van der Waals surface area (Å²) in [6.07, 6.45) is 8.80. The Balaban J connectivity index is 1.74. The molecule has 2 fully saturated rings. The molecular formula is C17H32N4O2. The lowest BCUT2D eigenvalue weighted by Gasteiger charge is -2.34. The van der Waals surface area contributed by atoms with Crippen molar-refractivity contribution in [2.24, 2.45) is 0 Å². The monoisotopic (exact) mass is 324 g/mol. The first-order valence-electron chi connectivity index (χ1n) is 9.24. The lowest BCUT2D eigenvalue weighted by atomic mass is 9.96. The van der Waals surface area contributed by atoms with Gasteiger partial charge < -0.3 is 10.6 Å². The molecule has 1 saturated carbocycles. The molecule has 0 aromatic heterocycles. The van der Waals surface area contributed by atoms with Crippen molar-refractivity contribution in [3.63, 3.8) is 0 Å². The van der Waals surface area contributed by atoms with Crippen LogP contribution in [-0.4, -0.2) is 55.1 Å². The van der Waals surface area contributed by atoms with Crippen molar-refractivity contribution in [3.05, 3.63) is 0 Å². The molecule has 1 aliphatic carbocycles. The standard InChI is InChI=1S/C17H32N4O2/c1-2-12-21(15-8-10-18-11-9-15)13-16(22)20-17(23)19-14-6-4-3-5-7-14/h14-15,18H,2-13H2,1H3,(H2,19,20,22,23). The summed E-state index contributed by atoms with van der Waals surface area (Å²) in [7, 11) is 0. The molecule has 2 aliphatic rings. The van der Waals surface area contributed by atoms with Gasteiger partial charge >= 0.3 is 6.03 Å². The molecule has 0 atom stereocenters. The third kappa shape index (κ3) is 6.47. The second-order valence-electron chi connectivity index (χ2n) is 6.81. The molecule has 1 saturated heterocycles. The number of urea groups is 1. The molecule has 3 amide bonds. The maximum absolute atomic E-state index is 12.2. The van der Waals surface area contributed by atoms with E-state index in [4.69, 9.17) is 0 Å². The first kappa shape index (κ1) is 18.2. The number of hydrogen-bond acceptors (Lipinski definition) is 4. The summed E-state index contributed by atoms with van der Waals surface area (Å²) in [6, 6.07) is 0.347. The maximum Gasteiger partial charge on any atom is 0.321 e. The van der Waals surface area contributed by atoms with Gasteiger partial charge in [0.2, 0.25) is 5.91 Å². The fourth-order valence-electron chi connectivity index (χ4n) is 3.67. The van der Waals surface area contributed by atoms with Crippen molar-refractivity contribution >= 4 is 11.9 Å². The molecule has 0 bridgehead atoms.